The number of primary amides is 1. The van der Waals surface area contributed by atoms with Crippen LogP contribution >= 0.6 is 0 Å². The first-order valence-corrected chi connectivity index (χ1v) is 8.45. The molecule has 4 N–H and O–H groups in total. The summed E-state index contributed by atoms with van der Waals surface area (Å²) < 4.78 is 27.3. The van der Waals surface area contributed by atoms with Crippen molar-refractivity contribution < 1.29 is 18.3 Å². The third-order valence-electron chi connectivity index (χ3n) is 3.90. The van der Waals surface area contributed by atoms with Crippen LogP contribution in [0.25, 0.3) is 0 Å². The standard InChI is InChI=1S/C14H20N2O4S/c15-14(18)10-5-7-12(8-6-10)21(19,20)16-13-4-2-1-3-11(13)9-17/h5-8,11,13,16-17H,1-4,9H2,(H2,15,18). The van der Waals surface area contributed by atoms with Crippen LogP contribution in [0.2, 0.25) is 0 Å². The van der Waals surface area contributed by atoms with Crippen LogP contribution in [-0.4, -0.2) is 32.1 Å². The predicted molar refractivity (Wildman–Crippen MR) is 78.1 cm³/mol. The molecule has 1 aliphatic rings. The molecular weight excluding hydrogens is 292 g/mol. The second kappa shape index (κ2) is 6.55. The summed E-state index contributed by atoms with van der Waals surface area (Å²) in [6.07, 6.45) is 3.51. The van der Waals surface area contributed by atoms with Crippen molar-refractivity contribution in [1.82, 2.24) is 4.72 Å². The molecule has 0 aromatic heterocycles. The molecule has 1 fully saturated rings. The van der Waals surface area contributed by atoms with Crippen molar-refractivity contribution in [3.8, 4) is 0 Å². The highest BCUT2D eigenvalue weighted by atomic mass is 32.2. The molecule has 1 saturated carbocycles. The van der Waals surface area contributed by atoms with Crippen molar-refractivity contribution in [1.29, 1.82) is 0 Å². The molecular formula is C14H20N2O4S. The molecule has 6 nitrogen and oxygen atoms in total. The number of nitrogens with one attached hydrogen (secondary N) is 1. The van der Waals surface area contributed by atoms with E-state index >= 15 is 0 Å². The number of carbonyl (C=O) groups is 1. The molecule has 0 bridgehead atoms. The van der Waals surface area contributed by atoms with Crippen molar-refractivity contribution in [3.63, 3.8) is 0 Å². The van der Waals surface area contributed by atoms with Crippen molar-refractivity contribution in [2.24, 2.45) is 11.7 Å². The third-order valence-corrected chi connectivity index (χ3v) is 5.41. The van der Waals surface area contributed by atoms with Gasteiger partial charge in [0.1, 0.15) is 0 Å². The Labute approximate surface area is 124 Å². The summed E-state index contributed by atoms with van der Waals surface area (Å²) in [6.45, 7) is -0.0200. The Morgan fingerprint density at radius 3 is 2.43 bits per heavy atom. The Kier molecular flexibility index (Phi) is 4.97. The zero-order valence-electron chi connectivity index (χ0n) is 11.7. The van der Waals surface area contributed by atoms with Crippen LogP contribution in [0.3, 0.4) is 0 Å². The van der Waals surface area contributed by atoms with Gasteiger partial charge in [0.2, 0.25) is 15.9 Å². The maximum atomic E-state index is 12.3. The zero-order valence-corrected chi connectivity index (χ0v) is 12.5. The molecule has 2 rings (SSSR count). The van der Waals surface area contributed by atoms with E-state index < -0.39 is 15.9 Å². The number of aliphatic hydroxyl groups is 1. The Balaban J connectivity index is 2.15. The van der Waals surface area contributed by atoms with Gasteiger partial charge in [-0.25, -0.2) is 13.1 Å². The maximum Gasteiger partial charge on any atom is 0.248 e. The quantitative estimate of drug-likeness (QED) is 0.740. The third kappa shape index (κ3) is 3.81. The molecule has 1 aliphatic carbocycles. The minimum atomic E-state index is -3.66. The number of amides is 1. The fraction of sp³-hybridized carbons (Fsp3) is 0.500. The summed E-state index contributed by atoms with van der Waals surface area (Å²) in [6, 6.07) is 5.26. The molecule has 0 saturated heterocycles. The van der Waals surface area contributed by atoms with Crippen molar-refractivity contribution in [2.75, 3.05) is 6.61 Å². The highest BCUT2D eigenvalue weighted by molar-refractivity contribution is 7.89. The topological polar surface area (TPSA) is 109 Å². The van der Waals surface area contributed by atoms with E-state index in [1.807, 2.05) is 0 Å². The lowest BCUT2D eigenvalue weighted by atomic mass is 9.86. The van der Waals surface area contributed by atoms with E-state index in [2.05, 4.69) is 4.72 Å². The minimum Gasteiger partial charge on any atom is -0.396 e. The van der Waals surface area contributed by atoms with Gasteiger partial charge in [-0.05, 0) is 43.0 Å². The summed E-state index contributed by atoms with van der Waals surface area (Å²) in [4.78, 5) is 11.1. The Morgan fingerprint density at radius 2 is 1.86 bits per heavy atom. The molecule has 0 radical (unpaired) electrons. The van der Waals surface area contributed by atoms with Gasteiger partial charge in [0.25, 0.3) is 0 Å². The fourth-order valence-electron chi connectivity index (χ4n) is 2.65. The molecule has 7 heteroatoms. The van der Waals surface area contributed by atoms with E-state index in [9.17, 15) is 18.3 Å². The van der Waals surface area contributed by atoms with Crippen molar-refractivity contribution in [3.05, 3.63) is 29.8 Å². The molecule has 116 valence electrons. The minimum absolute atomic E-state index is 0.0200. The number of hydrogen-bond donors (Lipinski definition) is 3. The van der Waals surface area contributed by atoms with Crippen LogP contribution in [0, 0.1) is 5.92 Å². The molecule has 1 aromatic rings. The highest BCUT2D eigenvalue weighted by Crippen LogP contribution is 2.25. The van der Waals surface area contributed by atoms with Crippen molar-refractivity contribution >= 4 is 15.9 Å². The lowest BCUT2D eigenvalue weighted by molar-refractivity contribution is 0.1000. The van der Waals surface area contributed by atoms with Gasteiger partial charge in [-0.3, -0.25) is 4.79 Å². The highest BCUT2D eigenvalue weighted by Gasteiger charge is 2.29. The first-order valence-electron chi connectivity index (χ1n) is 6.97. The second-order valence-electron chi connectivity index (χ2n) is 5.34. The van der Waals surface area contributed by atoms with Gasteiger partial charge in [-0.15, -0.1) is 0 Å². The van der Waals surface area contributed by atoms with Crippen LogP contribution in [0.5, 0.6) is 0 Å². The fourth-order valence-corrected chi connectivity index (χ4v) is 3.99. The van der Waals surface area contributed by atoms with Crippen LogP contribution in [0.4, 0.5) is 0 Å². The first-order chi connectivity index (χ1) is 9.94. The molecule has 21 heavy (non-hydrogen) atoms. The van der Waals surface area contributed by atoms with Crippen LogP contribution in [0.1, 0.15) is 36.0 Å². The Bertz CT molecular complexity index is 598. The number of aliphatic hydroxyl groups excluding tert-OH is 1. The number of benzene rings is 1. The van der Waals surface area contributed by atoms with Crippen molar-refractivity contribution in [2.45, 2.75) is 36.6 Å². The largest absolute Gasteiger partial charge is 0.396 e. The number of nitrogens with two attached hydrogens (primary N) is 1. The van der Waals surface area contributed by atoms with E-state index in [-0.39, 0.29) is 29.0 Å². The second-order valence-corrected chi connectivity index (χ2v) is 7.06. The van der Waals surface area contributed by atoms with Gasteiger partial charge in [-0.2, -0.15) is 0 Å². The normalized spacial score (nSPS) is 22.9. The van der Waals surface area contributed by atoms with E-state index in [4.69, 9.17) is 5.73 Å². The van der Waals surface area contributed by atoms with Crippen LogP contribution < -0.4 is 10.5 Å². The molecule has 2 atom stereocenters. The molecule has 2 unspecified atom stereocenters. The SMILES string of the molecule is NC(=O)c1ccc(S(=O)(=O)NC2CCCCC2CO)cc1. The average Bonchev–Trinajstić information content (AvgIpc) is 2.47. The van der Waals surface area contributed by atoms with E-state index in [0.29, 0.717) is 0 Å². The van der Waals surface area contributed by atoms with Gasteiger partial charge in [-0.1, -0.05) is 12.8 Å². The van der Waals surface area contributed by atoms with E-state index in [1.165, 1.54) is 24.3 Å². The Hall–Kier alpha value is -1.44. The summed E-state index contributed by atoms with van der Waals surface area (Å²) >= 11 is 0. The molecule has 0 heterocycles. The van der Waals surface area contributed by atoms with Crippen LogP contribution in [-0.2, 0) is 10.0 Å². The number of carbonyl (C=O) groups excluding carboxylic acids is 1. The number of hydrogen-bond acceptors (Lipinski definition) is 4. The first kappa shape index (κ1) is 15.9. The summed E-state index contributed by atoms with van der Waals surface area (Å²) in [7, 11) is -3.66. The van der Waals surface area contributed by atoms with Gasteiger partial charge in [0.05, 0.1) is 4.90 Å². The summed E-state index contributed by atoms with van der Waals surface area (Å²) in [5.74, 6) is -0.641. The molecule has 1 aromatic carbocycles. The summed E-state index contributed by atoms with van der Waals surface area (Å²) in [5, 5.41) is 9.34. The monoisotopic (exact) mass is 312 g/mol. The smallest absolute Gasteiger partial charge is 0.248 e. The maximum absolute atomic E-state index is 12.3. The lowest BCUT2D eigenvalue weighted by Crippen LogP contribution is -2.43. The molecule has 0 aliphatic heterocycles. The zero-order chi connectivity index (χ0) is 15.5. The number of sulfonamides is 1. The predicted octanol–water partition coefficient (Wildman–Crippen LogP) is 0.615. The van der Waals surface area contributed by atoms with E-state index in [0.717, 1.165) is 25.7 Å². The molecule has 0 spiro atoms. The molecule has 1 amide bonds. The number of rotatable bonds is 5. The van der Waals surface area contributed by atoms with Gasteiger partial charge in [0.15, 0.2) is 0 Å². The Morgan fingerprint density at radius 1 is 1.24 bits per heavy atom. The van der Waals surface area contributed by atoms with Gasteiger partial charge >= 0.3 is 0 Å². The van der Waals surface area contributed by atoms with Gasteiger partial charge < -0.3 is 10.8 Å². The average molecular weight is 312 g/mol. The lowest BCUT2D eigenvalue weighted by Gasteiger charge is -2.30. The summed E-state index contributed by atoms with van der Waals surface area (Å²) in [5.41, 5.74) is 5.39. The van der Waals surface area contributed by atoms with E-state index in [1.54, 1.807) is 0 Å². The van der Waals surface area contributed by atoms with Crippen LogP contribution in [0.15, 0.2) is 29.2 Å². The van der Waals surface area contributed by atoms with Gasteiger partial charge in [0, 0.05) is 18.2 Å².